The molecule has 0 saturated carbocycles. The SMILES string of the molecule is CC(CCN[C@@H](CC(=O)O)C(=O)N[C@@H](Cc1ccccc1)C(=O)O)c1cccc(O)c1. The van der Waals surface area contributed by atoms with Gasteiger partial charge >= 0.3 is 11.9 Å². The van der Waals surface area contributed by atoms with Crippen molar-refractivity contribution in [2.75, 3.05) is 6.54 Å². The van der Waals surface area contributed by atoms with Crippen LogP contribution in [0.4, 0.5) is 0 Å². The Morgan fingerprint density at radius 1 is 0.968 bits per heavy atom. The molecular weight excluding hydrogens is 400 g/mol. The second kappa shape index (κ2) is 11.7. The van der Waals surface area contributed by atoms with Crippen molar-refractivity contribution in [1.29, 1.82) is 0 Å². The molecule has 0 aliphatic rings. The van der Waals surface area contributed by atoms with Gasteiger partial charge in [-0.3, -0.25) is 9.59 Å². The van der Waals surface area contributed by atoms with Gasteiger partial charge in [0.05, 0.1) is 12.5 Å². The summed E-state index contributed by atoms with van der Waals surface area (Å²) in [7, 11) is 0. The predicted molar refractivity (Wildman–Crippen MR) is 115 cm³/mol. The molecule has 8 nitrogen and oxygen atoms in total. The topological polar surface area (TPSA) is 136 Å². The van der Waals surface area contributed by atoms with E-state index >= 15 is 0 Å². The Labute approximate surface area is 180 Å². The van der Waals surface area contributed by atoms with Crippen LogP contribution in [-0.4, -0.2) is 51.8 Å². The summed E-state index contributed by atoms with van der Waals surface area (Å²) < 4.78 is 0. The summed E-state index contributed by atoms with van der Waals surface area (Å²) >= 11 is 0. The Morgan fingerprint density at radius 3 is 2.29 bits per heavy atom. The van der Waals surface area contributed by atoms with Crippen molar-refractivity contribution in [1.82, 2.24) is 10.6 Å². The van der Waals surface area contributed by atoms with Gasteiger partial charge in [-0.05, 0) is 42.1 Å². The number of amides is 1. The van der Waals surface area contributed by atoms with Crippen LogP contribution >= 0.6 is 0 Å². The van der Waals surface area contributed by atoms with Crippen LogP contribution in [0, 0.1) is 0 Å². The minimum absolute atomic E-state index is 0.0676. The first-order valence-electron chi connectivity index (χ1n) is 10.1. The van der Waals surface area contributed by atoms with E-state index in [-0.39, 0.29) is 18.1 Å². The molecule has 31 heavy (non-hydrogen) atoms. The number of carbonyl (C=O) groups excluding carboxylic acids is 1. The van der Waals surface area contributed by atoms with E-state index in [9.17, 15) is 24.6 Å². The van der Waals surface area contributed by atoms with E-state index in [1.54, 1.807) is 42.5 Å². The summed E-state index contributed by atoms with van der Waals surface area (Å²) in [5.41, 5.74) is 1.67. The predicted octanol–water partition coefficient (Wildman–Crippen LogP) is 2.13. The summed E-state index contributed by atoms with van der Waals surface area (Å²) in [6, 6.07) is 13.5. The van der Waals surface area contributed by atoms with Gasteiger partial charge in [0.1, 0.15) is 11.8 Å². The van der Waals surface area contributed by atoms with Gasteiger partial charge in [-0.15, -0.1) is 0 Å². The van der Waals surface area contributed by atoms with Gasteiger partial charge < -0.3 is 26.0 Å². The number of phenolic OH excluding ortho intramolecular Hbond substituents is 1. The number of phenols is 1. The number of carboxylic acids is 2. The zero-order chi connectivity index (χ0) is 22.8. The van der Waals surface area contributed by atoms with Crippen LogP contribution in [0.25, 0.3) is 0 Å². The minimum atomic E-state index is -1.19. The molecule has 1 unspecified atom stereocenters. The fraction of sp³-hybridized carbons (Fsp3) is 0.348. The van der Waals surface area contributed by atoms with Crippen LogP contribution in [0.5, 0.6) is 5.75 Å². The molecule has 3 atom stereocenters. The van der Waals surface area contributed by atoms with E-state index in [2.05, 4.69) is 10.6 Å². The van der Waals surface area contributed by atoms with Crippen molar-refractivity contribution >= 4 is 17.8 Å². The summed E-state index contributed by atoms with van der Waals surface area (Å²) in [5.74, 6) is -2.79. The van der Waals surface area contributed by atoms with Crippen LogP contribution in [0.15, 0.2) is 54.6 Å². The molecule has 0 aliphatic heterocycles. The summed E-state index contributed by atoms with van der Waals surface area (Å²) in [6.07, 6.45) is 0.222. The van der Waals surface area contributed by atoms with Crippen molar-refractivity contribution in [2.45, 2.75) is 44.2 Å². The summed E-state index contributed by atoms with van der Waals surface area (Å²) in [6.45, 7) is 2.31. The average molecular weight is 428 g/mol. The standard InChI is InChI=1S/C23H28N2O6/c1-15(17-8-5-9-18(26)13-17)10-11-24-19(14-21(27)28)22(29)25-20(23(30)31)12-16-6-3-2-4-7-16/h2-9,13,15,19-20,24,26H,10-12,14H2,1H3,(H,25,29)(H,27,28)(H,30,31)/t15?,19-,20-/m0/s1. The largest absolute Gasteiger partial charge is 0.508 e. The number of hydrogen-bond donors (Lipinski definition) is 5. The van der Waals surface area contributed by atoms with Gasteiger partial charge in [0, 0.05) is 6.42 Å². The Hall–Kier alpha value is -3.39. The lowest BCUT2D eigenvalue weighted by atomic mass is 9.97. The van der Waals surface area contributed by atoms with E-state index in [0.29, 0.717) is 13.0 Å². The maximum Gasteiger partial charge on any atom is 0.326 e. The lowest BCUT2D eigenvalue weighted by Gasteiger charge is -2.21. The second-order valence-electron chi connectivity index (χ2n) is 7.48. The average Bonchev–Trinajstić information content (AvgIpc) is 2.72. The van der Waals surface area contributed by atoms with Gasteiger partial charge in [-0.25, -0.2) is 4.79 Å². The van der Waals surface area contributed by atoms with Crippen LogP contribution in [0.3, 0.4) is 0 Å². The fourth-order valence-corrected chi connectivity index (χ4v) is 3.23. The number of nitrogens with one attached hydrogen (secondary N) is 2. The number of hydrogen-bond acceptors (Lipinski definition) is 5. The minimum Gasteiger partial charge on any atom is -0.508 e. The first-order valence-corrected chi connectivity index (χ1v) is 10.1. The number of rotatable bonds is 12. The molecule has 5 N–H and O–H groups in total. The third-order valence-corrected chi connectivity index (χ3v) is 5.00. The van der Waals surface area contributed by atoms with Gasteiger partial charge in [0.25, 0.3) is 0 Å². The maximum atomic E-state index is 12.6. The molecule has 0 bridgehead atoms. The maximum absolute atomic E-state index is 12.6. The highest BCUT2D eigenvalue weighted by atomic mass is 16.4. The molecule has 0 radical (unpaired) electrons. The molecule has 2 aromatic rings. The highest BCUT2D eigenvalue weighted by Crippen LogP contribution is 2.22. The van der Waals surface area contributed by atoms with Gasteiger partial charge in [0.15, 0.2) is 0 Å². The lowest BCUT2D eigenvalue weighted by Crippen LogP contribution is -2.51. The first-order chi connectivity index (χ1) is 14.8. The van der Waals surface area contributed by atoms with Crippen molar-refractivity contribution in [2.24, 2.45) is 0 Å². The number of benzene rings is 2. The Bertz CT molecular complexity index is 887. The molecular formula is C23H28N2O6. The monoisotopic (exact) mass is 428 g/mol. The zero-order valence-electron chi connectivity index (χ0n) is 17.3. The molecule has 0 fully saturated rings. The molecule has 2 rings (SSSR count). The molecule has 2 aromatic carbocycles. The molecule has 166 valence electrons. The van der Waals surface area contributed by atoms with Crippen molar-refractivity contribution in [3.05, 3.63) is 65.7 Å². The van der Waals surface area contributed by atoms with Crippen LogP contribution < -0.4 is 10.6 Å². The first kappa shape index (κ1) is 23.9. The Kier molecular flexibility index (Phi) is 9.02. The van der Waals surface area contributed by atoms with Crippen LogP contribution in [-0.2, 0) is 20.8 Å². The highest BCUT2D eigenvalue weighted by Gasteiger charge is 2.27. The van der Waals surface area contributed by atoms with Crippen LogP contribution in [0.2, 0.25) is 0 Å². The zero-order valence-corrected chi connectivity index (χ0v) is 17.3. The van der Waals surface area contributed by atoms with Crippen LogP contribution in [0.1, 0.15) is 36.8 Å². The van der Waals surface area contributed by atoms with E-state index < -0.39 is 36.4 Å². The Balaban J connectivity index is 1.96. The normalized spacial score (nSPS) is 13.7. The molecule has 8 heteroatoms. The Morgan fingerprint density at radius 2 is 1.68 bits per heavy atom. The summed E-state index contributed by atoms with van der Waals surface area (Å²) in [5, 5.41) is 33.6. The molecule has 0 aromatic heterocycles. The molecule has 0 heterocycles. The summed E-state index contributed by atoms with van der Waals surface area (Å²) in [4.78, 5) is 35.5. The quantitative estimate of drug-likeness (QED) is 0.349. The van der Waals surface area contributed by atoms with E-state index in [0.717, 1.165) is 11.1 Å². The van der Waals surface area contributed by atoms with E-state index in [4.69, 9.17) is 5.11 Å². The van der Waals surface area contributed by atoms with Gasteiger partial charge in [-0.1, -0.05) is 49.4 Å². The smallest absolute Gasteiger partial charge is 0.326 e. The third-order valence-electron chi connectivity index (χ3n) is 5.00. The number of carbonyl (C=O) groups is 3. The van der Waals surface area contributed by atoms with Crippen molar-refractivity contribution < 1.29 is 29.7 Å². The third kappa shape index (κ3) is 8.10. The molecule has 0 saturated heterocycles. The van der Waals surface area contributed by atoms with E-state index in [1.807, 2.05) is 19.1 Å². The highest BCUT2D eigenvalue weighted by molar-refractivity contribution is 5.89. The lowest BCUT2D eigenvalue weighted by molar-refractivity contribution is -0.143. The second-order valence-corrected chi connectivity index (χ2v) is 7.48. The molecule has 1 amide bonds. The fourth-order valence-electron chi connectivity index (χ4n) is 3.23. The number of aliphatic carboxylic acids is 2. The molecule has 0 spiro atoms. The molecule has 0 aliphatic carbocycles. The number of carboxylic acid groups (broad SMARTS) is 2. The van der Waals surface area contributed by atoms with Crippen molar-refractivity contribution in [3.63, 3.8) is 0 Å². The van der Waals surface area contributed by atoms with Crippen molar-refractivity contribution in [3.8, 4) is 5.75 Å². The van der Waals surface area contributed by atoms with Gasteiger partial charge in [0.2, 0.25) is 5.91 Å². The van der Waals surface area contributed by atoms with Gasteiger partial charge in [-0.2, -0.15) is 0 Å². The van der Waals surface area contributed by atoms with E-state index in [1.165, 1.54) is 0 Å². The number of aromatic hydroxyl groups is 1.